The first kappa shape index (κ1) is 44.4. The Bertz CT molecular complexity index is 1620. The van der Waals surface area contributed by atoms with Crippen LogP contribution in [-0.4, -0.2) is 103 Å². The van der Waals surface area contributed by atoms with Gasteiger partial charge in [0, 0.05) is 55.8 Å². The molecule has 6 unspecified atom stereocenters. The average molecular weight is 782 g/mol. The summed E-state index contributed by atoms with van der Waals surface area (Å²) in [4.78, 5) is 59.6. The zero-order valence-electron chi connectivity index (χ0n) is 35.5. The molecule has 4 rings (SSSR count). The zero-order valence-corrected chi connectivity index (χ0v) is 36.3. The monoisotopic (exact) mass is 781 g/mol. The number of thioether (sulfide) groups is 1. The molecule has 1 aromatic carbocycles. The molecule has 0 spiro atoms. The fourth-order valence-corrected chi connectivity index (χ4v) is 9.39. The second-order valence-corrected chi connectivity index (χ2v) is 18.9. The lowest BCUT2D eigenvalue weighted by Gasteiger charge is -2.33. The smallest absolute Gasteiger partial charge is 0.326 e. The fourth-order valence-electron chi connectivity index (χ4n) is 8.39. The van der Waals surface area contributed by atoms with Crippen LogP contribution in [0.5, 0.6) is 5.75 Å². The van der Waals surface area contributed by atoms with Gasteiger partial charge in [0.1, 0.15) is 24.0 Å². The van der Waals surface area contributed by atoms with Crippen molar-refractivity contribution in [1.82, 2.24) is 9.80 Å². The van der Waals surface area contributed by atoms with E-state index in [-0.39, 0.29) is 59.4 Å². The number of esters is 1. The van der Waals surface area contributed by atoms with Crippen LogP contribution in [0.25, 0.3) is 0 Å². The van der Waals surface area contributed by atoms with Gasteiger partial charge in [-0.3, -0.25) is 19.2 Å². The molecule has 55 heavy (non-hydrogen) atoms. The van der Waals surface area contributed by atoms with Crippen molar-refractivity contribution in [2.45, 2.75) is 135 Å². The summed E-state index contributed by atoms with van der Waals surface area (Å²) in [5.41, 5.74) is 2.72. The van der Waals surface area contributed by atoms with E-state index in [1.807, 2.05) is 56.6 Å². The van der Waals surface area contributed by atoms with Gasteiger partial charge in [-0.15, -0.1) is 0 Å². The summed E-state index contributed by atoms with van der Waals surface area (Å²) in [7, 11) is 6.87. The summed E-state index contributed by atoms with van der Waals surface area (Å²) in [6.45, 7) is 16.2. The van der Waals surface area contributed by atoms with Crippen molar-refractivity contribution < 1.29 is 33.4 Å². The predicted octanol–water partition coefficient (Wildman–Crippen LogP) is 7.54. The lowest BCUT2D eigenvalue weighted by molar-refractivity contribution is -0.157. The van der Waals surface area contributed by atoms with Crippen LogP contribution in [0.1, 0.15) is 105 Å². The second-order valence-electron chi connectivity index (χ2n) is 17.1. The van der Waals surface area contributed by atoms with Crippen molar-refractivity contribution >= 4 is 41.1 Å². The molecule has 0 N–H and O–H groups in total. The SMILES string of the molecule is CCCSC(C)(C)CCC(=O)N(C)CC(=O)O[C@H]1CC(=O)N(C)c2cc(cc(OC)c2C)C/C(C)=C/C=C/CC2CC(C)C(=O)N(C)C(C2)C(C)C2OC21C. The van der Waals surface area contributed by atoms with Gasteiger partial charge < -0.3 is 28.9 Å². The molecular weight excluding hydrogens is 715 g/mol. The van der Waals surface area contributed by atoms with Crippen molar-refractivity contribution in [2.75, 3.05) is 45.5 Å². The lowest BCUT2D eigenvalue weighted by atomic mass is 9.82. The Kier molecular flexibility index (Phi) is 15.1. The van der Waals surface area contributed by atoms with Gasteiger partial charge in [0.15, 0.2) is 0 Å². The number of ether oxygens (including phenoxy) is 3. The number of fused-ring (bicyclic) bond motifs is 5. The van der Waals surface area contributed by atoms with Gasteiger partial charge in [0.2, 0.25) is 17.7 Å². The Hall–Kier alpha value is -3.31. The van der Waals surface area contributed by atoms with E-state index in [0.717, 1.165) is 48.1 Å². The highest BCUT2D eigenvalue weighted by atomic mass is 32.2. The van der Waals surface area contributed by atoms with E-state index >= 15 is 0 Å². The van der Waals surface area contributed by atoms with Crippen LogP contribution in [0.2, 0.25) is 0 Å². The number of carbonyl (C=O) groups is 4. The van der Waals surface area contributed by atoms with E-state index in [2.05, 4.69) is 52.8 Å². The molecule has 3 heterocycles. The molecule has 7 atom stereocenters. The van der Waals surface area contributed by atoms with E-state index in [4.69, 9.17) is 14.2 Å². The summed E-state index contributed by atoms with van der Waals surface area (Å²) in [6, 6.07) is 3.94. The topological polar surface area (TPSA) is 109 Å². The largest absolute Gasteiger partial charge is 0.496 e. The third-order valence-electron chi connectivity index (χ3n) is 12.0. The van der Waals surface area contributed by atoms with E-state index < -0.39 is 17.7 Å². The van der Waals surface area contributed by atoms with Crippen molar-refractivity contribution in [3.05, 3.63) is 47.1 Å². The molecule has 10 nitrogen and oxygen atoms in total. The maximum atomic E-state index is 14.3. The highest BCUT2D eigenvalue weighted by molar-refractivity contribution is 8.00. The summed E-state index contributed by atoms with van der Waals surface area (Å²) in [5, 5.41) is 0. The van der Waals surface area contributed by atoms with E-state index in [0.29, 0.717) is 36.6 Å². The first-order chi connectivity index (χ1) is 25.8. The first-order valence-electron chi connectivity index (χ1n) is 20.1. The van der Waals surface area contributed by atoms with Crippen LogP contribution in [0.3, 0.4) is 0 Å². The number of benzene rings is 1. The maximum Gasteiger partial charge on any atom is 0.326 e. The van der Waals surface area contributed by atoms with Crippen LogP contribution in [0.15, 0.2) is 35.9 Å². The van der Waals surface area contributed by atoms with E-state index in [9.17, 15) is 19.2 Å². The molecule has 3 aliphatic rings. The van der Waals surface area contributed by atoms with Gasteiger partial charge in [-0.2, -0.15) is 11.8 Å². The third kappa shape index (κ3) is 11.2. The second kappa shape index (κ2) is 18.8. The molecule has 2 fully saturated rings. The number of likely N-dealkylation sites (tertiary alicyclic amines) is 1. The molecular formula is C44H67N3O7S. The molecule has 306 valence electrons. The molecule has 0 saturated carbocycles. The van der Waals surface area contributed by atoms with Gasteiger partial charge in [-0.05, 0) is 88.7 Å². The van der Waals surface area contributed by atoms with Crippen LogP contribution >= 0.6 is 11.8 Å². The number of carbonyl (C=O) groups excluding carboxylic acids is 4. The Morgan fingerprint density at radius 3 is 2.51 bits per heavy atom. The van der Waals surface area contributed by atoms with Crippen molar-refractivity contribution in [2.24, 2.45) is 17.8 Å². The minimum Gasteiger partial charge on any atom is -0.496 e. The standard InChI is InChI=1S/C44H67N3O7S/c1-13-20-55-43(6,7)19-18-38(48)45(9)27-40(50)53-37-26-39(49)46(10)34-24-33(25-36(52-12)30(34)4)21-28(2)16-14-15-17-32-22-29(3)42(51)47(11)35(23-32)31(5)41-44(37,8)54-41/h14-16,24-25,29,31-32,35,37,41H,13,17-23,26-27H2,1-12H3/b15-14+,28-16+/t29?,31?,32?,35?,37-,41?,44?/m0/s1. The number of methoxy groups -OCH3 is 1. The zero-order chi connectivity index (χ0) is 40.8. The minimum atomic E-state index is -0.982. The van der Waals surface area contributed by atoms with Crippen LogP contribution < -0.4 is 9.64 Å². The van der Waals surface area contributed by atoms with E-state index in [1.54, 1.807) is 26.1 Å². The van der Waals surface area contributed by atoms with Gasteiger partial charge in [0.25, 0.3) is 0 Å². The predicted molar refractivity (Wildman–Crippen MR) is 221 cm³/mol. The van der Waals surface area contributed by atoms with Gasteiger partial charge in [-0.1, -0.05) is 58.4 Å². The summed E-state index contributed by atoms with van der Waals surface area (Å²) in [5.74, 6) is 0.954. The molecule has 1 aromatic rings. The van der Waals surface area contributed by atoms with Gasteiger partial charge >= 0.3 is 5.97 Å². The maximum absolute atomic E-state index is 14.3. The molecule has 0 aromatic heterocycles. The number of rotatable bonds is 10. The number of hydrogen-bond acceptors (Lipinski definition) is 8. The third-order valence-corrected chi connectivity index (χ3v) is 13.6. The average Bonchev–Trinajstić information content (AvgIpc) is 3.85. The molecule has 3 amide bonds. The highest BCUT2D eigenvalue weighted by Gasteiger charge is 2.63. The molecule has 11 heteroatoms. The van der Waals surface area contributed by atoms with Gasteiger partial charge in [-0.25, -0.2) is 0 Å². The number of anilines is 1. The molecule has 3 aliphatic heterocycles. The van der Waals surface area contributed by atoms with Crippen molar-refractivity contribution in [3.63, 3.8) is 0 Å². The quantitative estimate of drug-likeness (QED) is 0.177. The number of likely N-dealkylation sites (N-methyl/N-ethyl adjacent to an activating group) is 1. The number of epoxide rings is 1. The molecule has 4 bridgehead atoms. The number of allylic oxidation sites excluding steroid dienone is 4. The summed E-state index contributed by atoms with van der Waals surface area (Å²) < 4.78 is 18.4. The number of nitrogens with zero attached hydrogens (tertiary/aromatic N) is 3. The van der Waals surface area contributed by atoms with E-state index in [1.165, 1.54) is 4.90 Å². The Labute approximate surface area is 334 Å². The summed E-state index contributed by atoms with van der Waals surface area (Å²) in [6.07, 6.45) is 10.3. The fraction of sp³-hybridized carbons (Fsp3) is 0.682. The lowest BCUT2D eigenvalue weighted by Crippen LogP contribution is -2.47. The Balaban J connectivity index is 1.66. The summed E-state index contributed by atoms with van der Waals surface area (Å²) >= 11 is 1.85. The minimum absolute atomic E-state index is 0.0491. The van der Waals surface area contributed by atoms with Crippen LogP contribution in [-0.2, 0) is 35.1 Å². The van der Waals surface area contributed by atoms with Crippen LogP contribution in [0, 0.1) is 24.7 Å². The van der Waals surface area contributed by atoms with Crippen molar-refractivity contribution in [3.8, 4) is 5.75 Å². The number of hydrogen-bond donors (Lipinski definition) is 0. The Morgan fingerprint density at radius 1 is 1.13 bits per heavy atom. The van der Waals surface area contributed by atoms with Crippen LogP contribution in [0.4, 0.5) is 5.69 Å². The Morgan fingerprint density at radius 2 is 1.84 bits per heavy atom. The van der Waals surface area contributed by atoms with Crippen molar-refractivity contribution in [1.29, 1.82) is 0 Å². The molecule has 0 radical (unpaired) electrons. The van der Waals surface area contributed by atoms with Gasteiger partial charge in [0.05, 0.1) is 25.3 Å². The number of amides is 3. The molecule has 2 saturated heterocycles. The molecule has 0 aliphatic carbocycles. The normalized spacial score (nSPS) is 29.4. The first-order valence-corrected chi connectivity index (χ1v) is 21.1. The highest BCUT2D eigenvalue weighted by Crippen LogP contribution is 2.49.